The molecular weight excluding hydrogens is 369 g/mol. The van der Waals surface area contributed by atoms with Gasteiger partial charge in [-0.3, -0.25) is 9.59 Å². The van der Waals surface area contributed by atoms with E-state index in [1.807, 2.05) is 0 Å². The highest BCUT2D eigenvalue weighted by atomic mass is 19.1. The van der Waals surface area contributed by atoms with Crippen molar-refractivity contribution in [1.29, 1.82) is 0 Å². The summed E-state index contributed by atoms with van der Waals surface area (Å²) in [5.41, 5.74) is 1.39. The number of aryl methyl sites for hydroxylation is 2. The quantitative estimate of drug-likeness (QED) is 0.526. The molecule has 0 saturated heterocycles. The summed E-state index contributed by atoms with van der Waals surface area (Å²) in [6.07, 6.45) is 0. The second-order valence-corrected chi connectivity index (χ2v) is 6.06. The molecule has 0 aliphatic rings. The maximum Gasteiger partial charge on any atom is 0.378 e. The van der Waals surface area contributed by atoms with E-state index in [1.54, 1.807) is 19.9 Å². The number of Topliss-reactive ketones (excluding diaryl/α,β-unsaturated/α-hetero) is 1. The zero-order chi connectivity index (χ0) is 20.4. The third-order valence-corrected chi connectivity index (χ3v) is 3.73. The van der Waals surface area contributed by atoms with E-state index in [9.17, 15) is 18.8 Å². The molecular formula is C18H16FN5O4. The van der Waals surface area contributed by atoms with Gasteiger partial charge in [-0.05, 0) is 38.1 Å². The van der Waals surface area contributed by atoms with Gasteiger partial charge in [0.25, 0.3) is 11.6 Å². The van der Waals surface area contributed by atoms with Gasteiger partial charge >= 0.3 is 5.97 Å². The number of nitrogens with one attached hydrogen (secondary N) is 1. The molecule has 1 amide bonds. The zero-order valence-electron chi connectivity index (χ0n) is 15.3. The first-order chi connectivity index (χ1) is 13.2. The van der Waals surface area contributed by atoms with Gasteiger partial charge in [-0.2, -0.15) is 4.98 Å². The molecule has 2 aromatic heterocycles. The van der Waals surface area contributed by atoms with Crippen molar-refractivity contribution >= 4 is 29.1 Å². The highest BCUT2D eigenvalue weighted by Crippen LogP contribution is 2.15. The van der Waals surface area contributed by atoms with Crippen molar-refractivity contribution in [2.75, 3.05) is 11.9 Å². The SMILES string of the molecule is CC(=O)Nc1ccc(C(=O)COC(=O)c2nc3nc(C)cc(C)n3n2)c(F)c1. The van der Waals surface area contributed by atoms with Gasteiger partial charge in [-0.1, -0.05) is 0 Å². The van der Waals surface area contributed by atoms with Crippen molar-refractivity contribution < 1.29 is 23.5 Å². The molecule has 9 nitrogen and oxygen atoms in total. The summed E-state index contributed by atoms with van der Waals surface area (Å²) < 4.78 is 20.4. The van der Waals surface area contributed by atoms with E-state index in [0.29, 0.717) is 5.69 Å². The molecule has 3 aromatic rings. The molecule has 0 atom stereocenters. The van der Waals surface area contributed by atoms with E-state index in [2.05, 4.69) is 20.4 Å². The standard InChI is InChI=1S/C18H16FN5O4/c1-9-6-10(2)24-18(20-9)22-16(23-24)17(27)28-8-15(26)13-5-4-12(7-14(13)19)21-11(3)25/h4-7H,8H2,1-3H3,(H,21,25). The molecule has 2 heterocycles. The molecule has 0 aliphatic heterocycles. The van der Waals surface area contributed by atoms with Crippen molar-refractivity contribution in [2.24, 2.45) is 0 Å². The predicted octanol–water partition coefficient (Wildman–Crippen LogP) is 1.88. The molecule has 0 unspecified atom stereocenters. The van der Waals surface area contributed by atoms with Gasteiger partial charge in [0.05, 0.1) is 5.56 Å². The number of rotatable bonds is 5. The Morgan fingerprint density at radius 3 is 2.61 bits per heavy atom. The Labute approximate surface area is 158 Å². The van der Waals surface area contributed by atoms with E-state index >= 15 is 0 Å². The van der Waals surface area contributed by atoms with Crippen LogP contribution in [-0.2, 0) is 9.53 Å². The maximum absolute atomic E-state index is 14.1. The lowest BCUT2D eigenvalue weighted by Crippen LogP contribution is -2.16. The molecule has 10 heteroatoms. The second kappa shape index (κ2) is 7.51. The number of anilines is 1. The number of carbonyl (C=O) groups excluding carboxylic acids is 3. The summed E-state index contributed by atoms with van der Waals surface area (Å²) >= 11 is 0. The monoisotopic (exact) mass is 385 g/mol. The van der Waals surface area contributed by atoms with E-state index in [1.165, 1.54) is 23.6 Å². The summed E-state index contributed by atoms with van der Waals surface area (Å²) in [5, 5.41) is 6.41. The second-order valence-electron chi connectivity index (χ2n) is 6.06. The number of fused-ring (bicyclic) bond motifs is 1. The average Bonchev–Trinajstić information content (AvgIpc) is 3.03. The summed E-state index contributed by atoms with van der Waals surface area (Å²) in [4.78, 5) is 43.4. The molecule has 1 aromatic carbocycles. The van der Waals surface area contributed by atoms with Crippen LogP contribution < -0.4 is 5.32 Å². The number of hydrogen-bond acceptors (Lipinski definition) is 7. The van der Waals surface area contributed by atoms with Crippen LogP contribution in [-0.4, -0.2) is 43.8 Å². The molecule has 1 N–H and O–H groups in total. The Morgan fingerprint density at radius 1 is 1.18 bits per heavy atom. The van der Waals surface area contributed by atoms with Crippen molar-refractivity contribution in [3.63, 3.8) is 0 Å². The summed E-state index contributed by atoms with van der Waals surface area (Å²) in [6, 6.07) is 5.36. The number of aromatic nitrogens is 4. The average molecular weight is 385 g/mol. The van der Waals surface area contributed by atoms with Crippen molar-refractivity contribution in [3.05, 3.63) is 52.9 Å². The highest BCUT2D eigenvalue weighted by Gasteiger charge is 2.20. The molecule has 0 bridgehead atoms. The molecule has 28 heavy (non-hydrogen) atoms. The minimum Gasteiger partial charge on any atom is -0.451 e. The van der Waals surface area contributed by atoms with Gasteiger partial charge in [0.1, 0.15) is 5.82 Å². The third-order valence-electron chi connectivity index (χ3n) is 3.73. The lowest BCUT2D eigenvalue weighted by Gasteiger charge is -2.06. The molecule has 0 radical (unpaired) electrons. The number of benzene rings is 1. The first kappa shape index (κ1) is 19.1. The summed E-state index contributed by atoms with van der Waals surface area (Å²) in [5.74, 6) is -2.90. The summed E-state index contributed by atoms with van der Waals surface area (Å²) in [7, 11) is 0. The van der Waals surface area contributed by atoms with E-state index in [0.717, 1.165) is 11.8 Å². The maximum atomic E-state index is 14.1. The Hall–Kier alpha value is -3.69. The largest absolute Gasteiger partial charge is 0.451 e. The molecule has 0 spiro atoms. The highest BCUT2D eigenvalue weighted by molar-refractivity contribution is 5.99. The van der Waals surface area contributed by atoms with Crippen LogP contribution in [0.1, 0.15) is 39.3 Å². The van der Waals surface area contributed by atoms with Crippen LogP contribution in [0, 0.1) is 19.7 Å². The predicted molar refractivity (Wildman–Crippen MR) is 95.6 cm³/mol. The van der Waals surface area contributed by atoms with E-state index in [4.69, 9.17) is 4.74 Å². The van der Waals surface area contributed by atoms with E-state index < -0.39 is 24.2 Å². The van der Waals surface area contributed by atoms with Crippen LogP contribution in [0.5, 0.6) is 0 Å². The van der Waals surface area contributed by atoms with Gasteiger partial charge in [-0.15, -0.1) is 5.10 Å². The van der Waals surface area contributed by atoms with Crippen LogP contribution in [0.4, 0.5) is 10.1 Å². The fraction of sp³-hybridized carbons (Fsp3) is 0.222. The molecule has 0 fully saturated rings. The number of amides is 1. The van der Waals surface area contributed by atoms with Gasteiger partial charge < -0.3 is 10.1 Å². The topological polar surface area (TPSA) is 116 Å². The number of hydrogen-bond donors (Lipinski definition) is 1. The summed E-state index contributed by atoms with van der Waals surface area (Å²) in [6.45, 7) is 4.16. The number of ether oxygens (including phenoxy) is 1. The van der Waals surface area contributed by atoms with Gasteiger partial charge in [-0.25, -0.2) is 18.7 Å². The molecule has 3 rings (SSSR count). The molecule has 0 aliphatic carbocycles. The minimum absolute atomic E-state index is 0.214. The van der Waals surface area contributed by atoms with Gasteiger partial charge in [0, 0.05) is 24.0 Å². The number of ketones is 1. The van der Waals surface area contributed by atoms with Crippen LogP contribution in [0.15, 0.2) is 24.3 Å². The van der Waals surface area contributed by atoms with Crippen molar-refractivity contribution in [1.82, 2.24) is 19.6 Å². The fourth-order valence-electron chi connectivity index (χ4n) is 2.55. The van der Waals surface area contributed by atoms with Crippen LogP contribution >= 0.6 is 0 Å². The minimum atomic E-state index is -0.925. The number of halogens is 1. The number of esters is 1. The first-order valence-electron chi connectivity index (χ1n) is 8.23. The molecule has 0 saturated carbocycles. The Kier molecular flexibility index (Phi) is 5.12. The zero-order valence-corrected chi connectivity index (χ0v) is 15.3. The van der Waals surface area contributed by atoms with Gasteiger partial charge in [0.15, 0.2) is 6.61 Å². The Bertz CT molecular complexity index is 1110. The van der Waals surface area contributed by atoms with Crippen LogP contribution in [0.2, 0.25) is 0 Å². The van der Waals surface area contributed by atoms with E-state index in [-0.39, 0.29) is 28.8 Å². The lowest BCUT2D eigenvalue weighted by atomic mass is 10.1. The van der Waals surface area contributed by atoms with Crippen molar-refractivity contribution in [2.45, 2.75) is 20.8 Å². The van der Waals surface area contributed by atoms with Crippen molar-refractivity contribution in [3.8, 4) is 0 Å². The molecule has 144 valence electrons. The van der Waals surface area contributed by atoms with Crippen LogP contribution in [0.3, 0.4) is 0 Å². The number of nitrogens with zero attached hydrogens (tertiary/aromatic N) is 4. The number of carbonyl (C=O) groups is 3. The Morgan fingerprint density at radius 2 is 1.93 bits per heavy atom. The van der Waals surface area contributed by atoms with Crippen LogP contribution in [0.25, 0.3) is 5.78 Å². The Balaban J connectivity index is 1.70. The fourth-order valence-corrected chi connectivity index (χ4v) is 2.55. The lowest BCUT2D eigenvalue weighted by molar-refractivity contribution is -0.114. The third kappa shape index (κ3) is 4.00. The first-order valence-corrected chi connectivity index (χ1v) is 8.23. The normalized spacial score (nSPS) is 10.7. The smallest absolute Gasteiger partial charge is 0.378 e. The van der Waals surface area contributed by atoms with Gasteiger partial charge in [0.2, 0.25) is 11.7 Å².